The van der Waals surface area contributed by atoms with Crippen molar-refractivity contribution in [1.29, 1.82) is 0 Å². The fourth-order valence-electron chi connectivity index (χ4n) is 2.35. The SMILES string of the molecule is [B]C1CC(OS(=O)(=O)Oc2ccc(C)cc2)C(COP(=O)(O)OP(=O)(O)OP(=O)(O)O)O1. The van der Waals surface area contributed by atoms with Crippen LogP contribution in [0.4, 0.5) is 0 Å². The molecule has 20 heteroatoms. The molecule has 0 aliphatic carbocycles. The van der Waals surface area contributed by atoms with E-state index < -0.39 is 58.7 Å². The Morgan fingerprint density at radius 2 is 1.66 bits per heavy atom. The van der Waals surface area contributed by atoms with E-state index >= 15 is 0 Å². The van der Waals surface area contributed by atoms with Crippen LogP contribution in [0.3, 0.4) is 0 Å². The normalized spacial score (nSPS) is 25.7. The van der Waals surface area contributed by atoms with Crippen molar-refractivity contribution < 1.29 is 67.9 Å². The van der Waals surface area contributed by atoms with Crippen LogP contribution in [-0.4, -0.2) is 60.7 Å². The van der Waals surface area contributed by atoms with Crippen molar-refractivity contribution in [3.05, 3.63) is 29.8 Å². The maximum absolute atomic E-state index is 12.1. The lowest BCUT2D eigenvalue weighted by Crippen LogP contribution is -2.32. The minimum atomic E-state index is -5.71. The zero-order valence-corrected chi connectivity index (χ0v) is 19.6. The first-order valence-corrected chi connectivity index (χ1v) is 14.2. The first-order valence-electron chi connectivity index (χ1n) is 8.34. The highest BCUT2D eigenvalue weighted by Gasteiger charge is 2.43. The molecule has 2 radical (unpaired) electrons. The Morgan fingerprint density at radius 1 is 1.06 bits per heavy atom. The molecule has 0 bridgehead atoms. The number of hydrogen-bond donors (Lipinski definition) is 4. The van der Waals surface area contributed by atoms with Gasteiger partial charge in [0.05, 0.1) is 6.61 Å². The lowest BCUT2D eigenvalue weighted by atomic mass is 9.96. The molecule has 1 fully saturated rings. The fourth-order valence-corrected chi connectivity index (χ4v) is 6.27. The van der Waals surface area contributed by atoms with Gasteiger partial charge in [-0.2, -0.15) is 17.0 Å². The van der Waals surface area contributed by atoms with Gasteiger partial charge in [0.25, 0.3) is 0 Å². The topological polar surface area (TPSA) is 222 Å². The van der Waals surface area contributed by atoms with Crippen LogP contribution in [0.25, 0.3) is 0 Å². The molecule has 0 saturated carbocycles. The van der Waals surface area contributed by atoms with Gasteiger partial charge in [0.2, 0.25) is 0 Å². The Bertz CT molecular complexity index is 1040. The second-order valence-electron chi connectivity index (χ2n) is 6.27. The smallest absolute Gasteiger partial charge is 0.379 e. The van der Waals surface area contributed by atoms with Gasteiger partial charge in [-0.3, -0.25) is 4.52 Å². The molecule has 1 heterocycles. The van der Waals surface area contributed by atoms with Crippen LogP contribution in [-0.2, 0) is 46.2 Å². The van der Waals surface area contributed by atoms with Crippen molar-refractivity contribution in [2.45, 2.75) is 31.6 Å². The summed E-state index contributed by atoms with van der Waals surface area (Å²) in [6.45, 7) is 0.830. The Kier molecular flexibility index (Phi) is 8.91. The first-order chi connectivity index (χ1) is 14.5. The molecule has 0 amide bonds. The van der Waals surface area contributed by atoms with E-state index in [1.807, 2.05) is 0 Å². The van der Waals surface area contributed by atoms with Gasteiger partial charge in [-0.25, -0.2) is 17.9 Å². The molecule has 0 spiro atoms. The van der Waals surface area contributed by atoms with Gasteiger partial charge >= 0.3 is 33.9 Å². The van der Waals surface area contributed by atoms with Crippen molar-refractivity contribution in [3.8, 4) is 5.75 Å². The number of phosphoric ester groups is 1. The van der Waals surface area contributed by atoms with Crippen LogP contribution in [0.2, 0.25) is 0 Å². The average Bonchev–Trinajstić information content (AvgIpc) is 2.90. The zero-order valence-electron chi connectivity index (χ0n) is 16.1. The van der Waals surface area contributed by atoms with Gasteiger partial charge < -0.3 is 28.5 Å². The Morgan fingerprint density at radius 3 is 2.22 bits per heavy atom. The molecular weight excluding hydrogens is 520 g/mol. The zero-order chi connectivity index (χ0) is 24.4. The van der Waals surface area contributed by atoms with Gasteiger partial charge in [-0.05, 0) is 25.5 Å². The van der Waals surface area contributed by atoms with Gasteiger partial charge in [-0.15, -0.1) is 0 Å². The number of phosphoric acid groups is 3. The molecule has 32 heavy (non-hydrogen) atoms. The molecule has 4 N–H and O–H groups in total. The van der Waals surface area contributed by atoms with Crippen LogP contribution >= 0.6 is 23.5 Å². The summed E-state index contributed by atoms with van der Waals surface area (Å²) < 4.78 is 84.3. The summed E-state index contributed by atoms with van der Waals surface area (Å²) in [5, 5.41) is 0. The lowest BCUT2D eigenvalue weighted by Gasteiger charge is -2.21. The van der Waals surface area contributed by atoms with E-state index in [0.29, 0.717) is 0 Å². The molecule has 0 aromatic heterocycles. The Balaban J connectivity index is 1.99. The quantitative estimate of drug-likeness (QED) is 0.224. The summed E-state index contributed by atoms with van der Waals surface area (Å²) in [5.41, 5.74) is 0.845. The molecule has 2 rings (SSSR count). The average molecular weight is 538 g/mol. The highest BCUT2D eigenvalue weighted by Crippen LogP contribution is 2.66. The summed E-state index contributed by atoms with van der Waals surface area (Å²) >= 11 is 0. The molecule has 180 valence electrons. The van der Waals surface area contributed by atoms with Crippen LogP contribution < -0.4 is 4.18 Å². The molecule has 1 aromatic rings. The molecule has 1 saturated heterocycles. The number of ether oxygens (including phenoxy) is 1. The van der Waals surface area contributed by atoms with Crippen molar-refractivity contribution in [2.75, 3.05) is 6.61 Å². The van der Waals surface area contributed by atoms with E-state index in [0.717, 1.165) is 5.56 Å². The molecule has 5 unspecified atom stereocenters. The number of benzene rings is 1. The van der Waals surface area contributed by atoms with E-state index in [1.54, 1.807) is 19.1 Å². The third kappa shape index (κ3) is 9.70. The van der Waals surface area contributed by atoms with Gasteiger partial charge in [-0.1, -0.05) is 17.7 Å². The van der Waals surface area contributed by atoms with Crippen LogP contribution in [0.1, 0.15) is 12.0 Å². The Labute approximate surface area is 183 Å². The summed E-state index contributed by atoms with van der Waals surface area (Å²) in [4.78, 5) is 35.6. The van der Waals surface area contributed by atoms with Crippen molar-refractivity contribution in [3.63, 3.8) is 0 Å². The van der Waals surface area contributed by atoms with Crippen LogP contribution in [0.15, 0.2) is 24.3 Å². The summed E-state index contributed by atoms with van der Waals surface area (Å²) in [7, 11) is -15.8. The summed E-state index contributed by atoms with van der Waals surface area (Å²) in [6, 6.07) is 4.86. The maximum atomic E-state index is 12.1. The molecule has 5 atom stereocenters. The van der Waals surface area contributed by atoms with Gasteiger partial charge in [0.1, 0.15) is 25.8 Å². The van der Waals surface area contributed by atoms with E-state index in [4.69, 9.17) is 35.6 Å². The predicted octanol–water partition coefficient (Wildman–Crippen LogP) is 0.631. The van der Waals surface area contributed by atoms with E-state index in [-0.39, 0.29) is 12.2 Å². The number of hydrogen-bond acceptors (Lipinski definition) is 11. The lowest BCUT2D eigenvalue weighted by molar-refractivity contribution is 0.00259. The largest absolute Gasteiger partial charge is 0.490 e. The first kappa shape index (κ1) is 27.6. The standard InChI is InChI=1S/C12H18BO15P3S/c1-8-2-4-9(5-3-8)25-32(21,22)26-10-6-12(13)24-11(10)7-23-30(17,18)28-31(19,20)27-29(14,15)16/h2-5,10-12H,6-7H2,1H3,(H,17,18)(H,19,20)(H2,14,15,16). The molecule has 1 aliphatic rings. The van der Waals surface area contributed by atoms with Crippen LogP contribution in [0, 0.1) is 6.92 Å². The van der Waals surface area contributed by atoms with Crippen molar-refractivity contribution in [2.24, 2.45) is 0 Å². The number of rotatable bonds is 11. The maximum Gasteiger partial charge on any atom is 0.490 e. The van der Waals surface area contributed by atoms with Gasteiger partial charge in [0.15, 0.2) is 0 Å². The summed E-state index contributed by atoms with van der Waals surface area (Å²) in [6.07, 6.45) is -2.94. The highest BCUT2D eigenvalue weighted by molar-refractivity contribution is 7.82. The van der Waals surface area contributed by atoms with Crippen molar-refractivity contribution in [1.82, 2.24) is 0 Å². The second-order valence-corrected chi connectivity index (χ2v) is 11.9. The monoisotopic (exact) mass is 538 g/mol. The minimum Gasteiger partial charge on any atom is -0.379 e. The third-order valence-corrected chi connectivity index (χ3v) is 8.19. The molecule has 15 nitrogen and oxygen atoms in total. The van der Waals surface area contributed by atoms with E-state index in [1.165, 1.54) is 12.1 Å². The third-order valence-electron chi connectivity index (χ3n) is 3.51. The predicted molar refractivity (Wildman–Crippen MR) is 104 cm³/mol. The molecule has 1 aliphatic heterocycles. The van der Waals surface area contributed by atoms with E-state index in [2.05, 4.69) is 13.1 Å². The second kappa shape index (κ2) is 10.3. The fraction of sp³-hybridized carbons (Fsp3) is 0.500. The number of aryl methyl sites for hydroxylation is 1. The highest BCUT2D eigenvalue weighted by atomic mass is 32.3. The van der Waals surface area contributed by atoms with Crippen LogP contribution in [0.5, 0.6) is 5.75 Å². The minimum absolute atomic E-state index is 0.0522. The van der Waals surface area contributed by atoms with Crippen molar-refractivity contribution >= 4 is 41.7 Å². The Hall–Kier alpha value is -0.635. The molecular formula is C12H18BO15P3S. The summed E-state index contributed by atoms with van der Waals surface area (Å²) in [5.74, 6) is -0.0522. The molecule has 1 aromatic carbocycles. The van der Waals surface area contributed by atoms with E-state index in [9.17, 15) is 27.0 Å². The van der Waals surface area contributed by atoms with Gasteiger partial charge in [0, 0.05) is 6.00 Å².